The normalized spacial score (nSPS) is 16.8. The summed E-state index contributed by atoms with van der Waals surface area (Å²) in [4.78, 5) is 14.1. The van der Waals surface area contributed by atoms with Gasteiger partial charge in [-0.1, -0.05) is 11.6 Å². The summed E-state index contributed by atoms with van der Waals surface area (Å²) >= 11 is 5.95. The van der Waals surface area contributed by atoms with E-state index in [2.05, 4.69) is 15.6 Å². The average Bonchev–Trinajstić information content (AvgIpc) is 2.33. The van der Waals surface area contributed by atoms with Crippen molar-refractivity contribution in [2.24, 2.45) is 0 Å². The number of nitro groups is 1. The lowest BCUT2D eigenvalue weighted by Gasteiger charge is -2.24. The first kappa shape index (κ1) is 12.1. The predicted molar refractivity (Wildman–Crippen MR) is 65.4 cm³/mol. The first-order valence-electron chi connectivity index (χ1n) is 5.43. The summed E-state index contributed by atoms with van der Waals surface area (Å²) in [6.45, 7) is 1.82. The molecular weight excluding hydrogens is 244 g/mol. The van der Waals surface area contributed by atoms with Crippen molar-refractivity contribution < 1.29 is 4.92 Å². The highest BCUT2D eigenvalue weighted by molar-refractivity contribution is 6.33. The van der Waals surface area contributed by atoms with Crippen LogP contribution in [-0.4, -0.2) is 29.0 Å². The third-order valence-electron chi connectivity index (χ3n) is 2.76. The maximum atomic E-state index is 10.9. The maximum absolute atomic E-state index is 10.9. The number of aromatic nitrogens is 1. The van der Waals surface area contributed by atoms with Gasteiger partial charge in [0.05, 0.1) is 9.95 Å². The van der Waals surface area contributed by atoms with Crippen LogP contribution in [0.5, 0.6) is 0 Å². The number of pyridine rings is 1. The number of piperidine rings is 1. The minimum absolute atomic E-state index is 0.0731. The number of hydrogen-bond donors (Lipinski definition) is 2. The van der Waals surface area contributed by atoms with Crippen LogP contribution < -0.4 is 10.6 Å². The lowest BCUT2D eigenvalue weighted by molar-refractivity contribution is -0.384. The van der Waals surface area contributed by atoms with Gasteiger partial charge in [-0.3, -0.25) is 15.1 Å². The van der Waals surface area contributed by atoms with Crippen molar-refractivity contribution in [1.29, 1.82) is 0 Å². The van der Waals surface area contributed by atoms with Crippen LogP contribution >= 0.6 is 11.6 Å². The monoisotopic (exact) mass is 256 g/mol. The molecule has 2 rings (SSSR count). The molecule has 1 aromatic heterocycles. The number of hydrogen-bond acceptors (Lipinski definition) is 5. The first-order valence-corrected chi connectivity index (χ1v) is 5.81. The van der Waals surface area contributed by atoms with Gasteiger partial charge in [0.2, 0.25) is 0 Å². The second kappa shape index (κ2) is 5.29. The zero-order valence-electron chi connectivity index (χ0n) is 9.15. The summed E-state index contributed by atoms with van der Waals surface area (Å²) in [7, 11) is 0. The fourth-order valence-electron chi connectivity index (χ4n) is 1.88. The number of nitrogens with zero attached hydrogens (tertiary/aromatic N) is 2. The van der Waals surface area contributed by atoms with Gasteiger partial charge in [0, 0.05) is 12.2 Å². The molecule has 0 bridgehead atoms. The molecule has 1 fully saturated rings. The van der Waals surface area contributed by atoms with Crippen molar-refractivity contribution in [2.75, 3.05) is 18.4 Å². The molecule has 2 N–H and O–H groups in total. The fraction of sp³-hybridized carbons (Fsp3) is 0.500. The van der Waals surface area contributed by atoms with Crippen LogP contribution in [0.2, 0.25) is 5.02 Å². The molecule has 2 heterocycles. The van der Waals surface area contributed by atoms with Gasteiger partial charge in [0.1, 0.15) is 11.9 Å². The SMILES string of the molecule is O=[N+]([O-])c1cncc(Cl)c1NC1CCNCC1. The van der Waals surface area contributed by atoms with Gasteiger partial charge in [-0.2, -0.15) is 0 Å². The molecule has 6 nitrogen and oxygen atoms in total. The molecule has 1 aliphatic heterocycles. The molecule has 0 radical (unpaired) electrons. The van der Waals surface area contributed by atoms with Crippen molar-refractivity contribution in [3.05, 3.63) is 27.5 Å². The van der Waals surface area contributed by atoms with Gasteiger partial charge < -0.3 is 10.6 Å². The van der Waals surface area contributed by atoms with Gasteiger partial charge in [-0.15, -0.1) is 0 Å². The Morgan fingerprint density at radius 2 is 2.18 bits per heavy atom. The van der Waals surface area contributed by atoms with Gasteiger partial charge >= 0.3 is 5.69 Å². The van der Waals surface area contributed by atoms with E-state index in [1.807, 2.05) is 0 Å². The molecule has 0 amide bonds. The molecule has 7 heteroatoms. The van der Waals surface area contributed by atoms with E-state index in [9.17, 15) is 10.1 Å². The zero-order valence-corrected chi connectivity index (χ0v) is 9.91. The highest BCUT2D eigenvalue weighted by Crippen LogP contribution is 2.32. The molecule has 0 atom stereocenters. The predicted octanol–water partition coefficient (Wildman–Crippen LogP) is 1.81. The Morgan fingerprint density at radius 3 is 2.82 bits per heavy atom. The Morgan fingerprint density at radius 1 is 1.47 bits per heavy atom. The first-order chi connectivity index (χ1) is 8.18. The Labute approximate surface area is 104 Å². The topological polar surface area (TPSA) is 80.1 Å². The quantitative estimate of drug-likeness (QED) is 0.637. The lowest BCUT2D eigenvalue weighted by Crippen LogP contribution is -2.35. The molecule has 1 aliphatic rings. The van der Waals surface area contributed by atoms with Crippen LogP contribution in [0.4, 0.5) is 11.4 Å². The zero-order chi connectivity index (χ0) is 12.3. The summed E-state index contributed by atoms with van der Waals surface area (Å²) in [5.41, 5.74) is 0.301. The lowest BCUT2D eigenvalue weighted by atomic mass is 10.1. The van der Waals surface area contributed by atoms with Crippen molar-refractivity contribution in [3.8, 4) is 0 Å². The van der Waals surface area contributed by atoms with E-state index in [0.717, 1.165) is 25.9 Å². The molecule has 0 aliphatic carbocycles. The second-order valence-corrected chi connectivity index (χ2v) is 4.35. The van der Waals surface area contributed by atoms with E-state index in [0.29, 0.717) is 5.69 Å². The summed E-state index contributed by atoms with van der Waals surface area (Å²) in [5.74, 6) is 0. The van der Waals surface area contributed by atoms with Crippen molar-refractivity contribution in [3.63, 3.8) is 0 Å². The van der Waals surface area contributed by atoms with Crippen LogP contribution in [0.1, 0.15) is 12.8 Å². The smallest absolute Gasteiger partial charge is 0.311 e. The van der Waals surface area contributed by atoms with E-state index >= 15 is 0 Å². The van der Waals surface area contributed by atoms with Crippen LogP contribution in [0.25, 0.3) is 0 Å². The number of anilines is 1. The Bertz CT molecular complexity index is 421. The molecule has 17 heavy (non-hydrogen) atoms. The Balaban J connectivity index is 2.21. The van der Waals surface area contributed by atoms with Crippen LogP contribution in [-0.2, 0) is 0 Å². The molecule has 0 unspecified atom stereocenters. The third kappa shape index (κ3) is 2.83. The van der Waals surface area contributed by atoms with Gasteiger partial charge in [-0.25, -0.2) is 0 Å². The fourth-order valence-corrected chi connectivity index (χ4v) is 2.08. The number of rotatable bonds is 3. The molecule has 1 aromatic rings. The van der Waals surface area contributed by atoms with Gasteiger partial charge in [-0.05, 0) is 25.9 Å². The van der Waals surface area contributed by atoms with Crippen molar-refractivity contribution >= 4 is 23.0 Å². The molecular formula is C10H13ClN4O2. The van der Waals surface area contributed by atoms with Crippen LogP contribution in [0.15, 0.2) is 12.4 Å². The minimum atomic E-state index is -0.470. The minimum Gasteiger partial charge on any atom is -0.375 e. The third-order valence-corrected chi connectivity index (χ3v) is 3.05. The number of nitrogens with one attached hydrogen (secondary N) is 2. The van der Waals surface area contributed by atoms with E-state index in [4.69, 9.17) is 11.6 Å². The molecule has 1 saturated heterocycles. The maximum Gasteiger partial charge on any atom is 0.311 e. The van der Waals surface area contributed by atoms with Crippen molar-refractivity contribution in [1.82, 2.24) is 10.3 Å². The standard InChI is InChI=1S/C10H13ClN4O2/c11-8-5-13-6-9(15(16)17)10(8)14-7-1-3-12-4-2-7/h5-7,12H,1-4H2,(H,13,14). The average molecular weight is 257 g/mol. The highest BCUT2D eigenvalue weighted by Gasteiger charge is 2.21. The largest absolute Gasteiger partial charge is 0.375 e. The summed E-state index contributed by atoms with van der Waals surface area (Å²) in [5, 5.41) is 17.5. The highest BCUT2D eigenvalue weighted by atomic mass is 35.5. The summed E-state index contributed by atoms with van der Waals surface area (Å²) in [6, 6.07) is 0.217. The van der Waals surface area contributed by atoms with E-state index in [1.165, 1.54) is 12.4 Å². The Hall–Kier alpha value is -1.40. The molecule has 0 spiro atoms. The van der Waals surface area contributed by atoms with E-state index in [-0.39, 0.29) is 16.8 Å². The molecule has 0 saturated carbocycles. The molecule has 0 aromatic carbocycles. The van der Waals surface area contributed by atoms with Gasteiger partial charge in [0.15, 0.2) is 0 Å². The van der Waals surface area contributed by atoms with Gasteiger partial charge in [0.25, 0.3) is 0 Å². The summed E-state index contributed by atoms with van der Waals surface area (Å²) < 4.78 is 0. The van der Waals surface area contributed by atoms with Crippen LogP contribution in [0, 0.1) is 10.1 Å². The summed E-state index contributed by atoms with van der Waals surface area (Å²) in [6.07, 6.45) is 4.48. The molecule has 92 valence electrons. The van der Waals surface area contributed by atoms with E-state index in [1.54, 1.807) is 0 Å². The Kier molecular flexibility index (Phi) is 3.75. The van der Waals surface area contributed by atoms with E-state index < -0.39 is 4.92 Å². The second-order valence-electron chi connectivity index (χ2n) is 3.94. The number of halogens is 1. The van der Waals surface area contributed by atoms with Crippen molar-refractivity contribution in [2.45, 2.75) is 18.9 Å². The van der Waals surface area contributed by atoms with Crippen LogP contribution in [0.3, 0.4) is 0 Å².